The van der Waals surface area contributed by atoms with Gasteiger partial charge >= 0.3 is 0 Å². The van der Waals surface area contributed by atoms with Gasteiger partial charge in [-0.25, -0.2) is 15.0 Å². The van der Waals surface area contributed by atoms with Crippen molar-refractivity contribution in [2.75, 3.05) is 0 Å². The van der Waals surface area contributed by atoms with Crippen LogP contribution < -0.4 is 10.5 Å². The minimum Gasteiger partial charge on any atom is -0.454 e. The zero-order chi connectivity index (χ0) is 22.6. The third kappa shape index (κ3) is 3.23. The molecule has 0 unspecified atom stereocenters. The topological polar surface area (TPSA) is 99.1 Å². The molecule has 7 nitrogen and oxygen atoms in total. The molecule has 2 aromatic heterocycles. The lowest BCUT2D eigenvalue weighted by molar-refractivity contribution is -0.0916. The predicted octanol–water partition coefficient (Wildman–Crippen LogP) is 4.11. The quantitative estimate of drug-likeness (QED) is 0.496. The Morgan fingerprint density at radius 2 is 1.67 bits per heavy atom. The van der Waals surface area contributed by atoms with Crippen LogP contribution in [0.4, 0.5) is 0 Å². The van der Waals surface area contributed by atoms with Crippen LogP contribution in [-0.2, 0) is 12.3 Å². The van der Waals surface area contributed by atoms with Crippen LogP contribution in [0, 0.1) is 0 Å². The minimum atomic E-state index is -0.653. The molecule has 0 radical (unpaired) electrons. The van der Waals surface area contributed by atoms with Crippen LogP contribution in [0.25, 0.3) is 34.0 Å². The molecular formula is C26H25N5O2. The van der Waals surface area contributed by atoms with Crippen LogP contribution >= 0.6 is 0 Å². The summed E-state index contributed by atoms with van der Waals surface area (Å²) >= 11 is 0. The van der Waals surface area contributed by atoms with Gasteiger partial charge in [-0.1, -0.05) is 61.5 Å². The molecule has 0 saturated heterocycles. The third-order valence-corrected chi connectivity index (χ3v) is 6.86. The maximum atomic E-state index is 10.5. The first-order chi connectivity index (χ1) is 16.0. The second-order valence-electron chi connectivity index (χ2n) is 9.10. The third-order valence-electron chi connectivity index (χ3n) is 6.86. The number of benzene rings is 2. The first-order valence-corrected chi connectivity index (χ1v) is 11.2. The predicted molar refractivity (Wildman–Crippen MR) is 125 cm³/mol. The Labute approximate surface area is 191 Å². The van der Waals surface area contributed by atoms with Gasteiger partial charge in [0.25, 0.3) is 0 Å². The van der Waals surface area contributed by atoms with E-state index in [-0.39, 0.29) is 0 Å². The Hall–Kier alpha value is -3.55. The van der Waals surface area contributed by atoms with Crippen molar-refractivity contribution < 1.29 is 9.84 Å². The van der Waals surface area contributed by atoms with Gasteiger partial charge in [0.1, 0.15) is 5.69 Å². The summed E-state index contributed by atoms with van der Waals surface area (Å²) in [6, 6.07) is 18.1. The van der Waals surface area contributed by atoms with E-state index in [1.807, 2.05) is 72.3 Å². The molecule has 3 heterocycles. The largest absolute Gasteiger partial charge is 0.454 e. The molecule has 2 aliphatic rings. The van der Waals surface area contributed by atoms with Crippen LogP contribution in [0.15, 0.2) is 67.0 Å². The number of hydrogen-bond acceptors (Lipinski definition) is 6. The summed E-state index contributed by atoms with van der Waals surface area (Å²) < 4.78 is 7.80. The molecule has 3 N–H and O–H groups in total. The molecule has 2 aromatic carbocycles. The van der Waals surface area contributed by atoms with Gasteiger partial charge in [0.05, 0.1) is 11.3 Å². The molecule has 6 rings (SSSR count). The first-order valence-electron chi connectivity index (χ1n) is 11.2. The molecule has 1 saturated carbocycles. The van der Waals surface area contributed by atoms with Crippen molar-refractivity contribution in [2.45, 2.75) is 44.1 Å². The van der Waals surface area contributed by atoms with Crippen LogP contribution in [0.2, 0.25) is 0 Å². The molecule has 0 spiro atoms. The summed E-state index contributed by atoms with van der Waals surface area (Å²) in [6.07, 6.45) is 5.47. The smallest absolute Gasteiger partial charge is 0.246 e. The van der Waals surface area contributed by atoms with Crippen molar-refractivity contribution in [3.63, 3.8) is 0 Å². The summed E-state index contributed by atoms with van der Waals surface area (Å²) in [5, 5.41) is 10.5. The van der Waals surface area contributed by atoms with Gasteiger partial charge in [0, 0.05) is 29.1 Å². The fourth-order valence-corrected chi connectivity index (χ4v) is 4.96. The van der Waals surface area contributed by atoms with Crippen molar-refractivity contribution >= 4 is 0 Å². The SMILES string of the molecule is CC[C@]1(O)C[C@@](N)(c2ccc(-c3nc4c(nc3-c3ccccc3)OCn3ccnc3-4)cc2)C1. The van der Waals surface area contributed by atoms with Crippen molar-refractivity contribution in [1.82, 2.24) is 19.5 Å². The molecule has 1 fully saturated rings. The van der Waals surface area contributed by atoms with E-state index in [0.29, 0.717) is 37.6 Å². The lowest BCUT2D eigenvalue weighted by atomic mass is 9.61. The Bertz CT molecular complexity index is 1320. The molecule has 0 bridgehead atoms. The average Bonchev–Trinajstić information content (AvgIpc) is 3.32. The number of rotatable bonds is 4. The number of imidazole rings is 1. The van der Waals surface area contributed by atoms with Gasteiger partial charge in [-0.15, -0.1) is 0 Å². The van der Waals surface area contributed by atoms with Crippen LogP contribution in [-0.4, -0.2) is 30.2 Å². The highest BCUT2D eigenvalue weighted by molar-refractivity contribution is 5.81. The van der Waals surface area contributed by atoms with Gasteiger partial charge in [0.15, 0.2) is 18.2 Å². The monoisotopic (exact) mass is 439 g/mol. The van der Waals surface area contributed by atoms with Gasteiger partial charge in [-0.3, -0.25) is 4.57 Å². The molecule has 0 atom stereocenters. The van der Waals surface area contributed by atoms with Gasteiger partial charge in [0.2, 0.25) is 5.88 Å². The molecule has 1 aliphatic heterocycles. The minimum absolute atomic E-state index is 0.363. The van der Waals surface area contributed by atoms with E-state index >= 15 is 0 Å². The molecule has 166 valence electrons. The lowest BCUT2D eigenvalue weighted by Gasteiger charge is -2.51. The fraction of sp³-hybridized carbons (Fsp3) is 0.269. The lowest BCUT2D eigenvalue weighted by Crippen LogP contribution is -2.59. The van der Waals surface area contributed by atoms with Gasteiger partial charge in [-0.2, -0.15) is 0 Å². The Morgan fingerprint density at radius 3 is 2.39 bits per heavy atom. The zero-order valence-corrected chi connectivity index (χ0v) is 18.4. The summed E-state index contributed by atoms with van der Waals surface area (Å²) in [6.45, 7) is 2.36. The number of aliphatic hydroxyl groups is 1. The van der Waals surface area contributed by atoms with Gasteiger partial charge in [-0.05, 0) is 24.8 Å². The number of fused-ring (bicyclic) bond motifs is 3. The normalized spacial score (nSPS) is 23.2. The number of aromatic nitrogens is 4. The van der Waals surface area contributed by atoms with Gasteiger partial charge < -0.3 is 15.6 Å². The molecule has 1 aliphatic carbocycles. The molecule has 33 heavy (non-hydrogen) atoms. The number of nitrogens with two attached hydrogens (primary N) is 1. The van der Waals surface area contributed by atoms with Crippen molar-refractivity contribution in [3.05, 3.63) is 72.6 Å². The van der Waals surface area contributed by atoms with Crippen molar-refractivity contribution in [2.24, 2.45) is 5.73 Å². The second-order valence-corrected chi connectivity index (χ2v) is 9.10. The highest BCUT2D eigenvalue weighted by atomic mass is 16.5. The van der Waals surface area contributed by atoms with E-state index < -0.39 is 11.1 Å². The molecule has 4 aromatic rings. The van der Waals surface area contributed by atoms with E-state index in [1.165, 1.54) is 0 Å². The standard InChI is InChI=1S/C26H25N5O2/c1-2-25(32)14-26(27,15-25)19-10-8-18(9-11-19)20-21(17-6-4-3-5-7-17)30-24-22(29-20)23-28-12-13-31(23)16-33-24/h3-13,32H,2,14-16,27H2,1H3/t25-,26-. The Kier molecular flexibility index (Phi) is 4.40. The first kappa shape index (κ1) is 20.1. The van der Waals surface area contributed by atoms with Crippen LogP contribution in [0.3, 0.4) is 0 Å². The highest BCUT2D eigenvalue weighted by Crippen LogP contribution is 2.48. The molecule has 7 heteroatoms. The van der Waals surface area contributed by atoms with E-state index in [1.54, 1.807) is 6.20 Å². The number of hydrogen-bond donors (Lipinski definition) is 2. The van der Waals surface area contributed by atoms with Crippen LogP contribution in [0.5, 0.6) is 5.88 Å². The summed E-state index contributed by atoms with van der Waals surface area (Å²) in [4.78, 5) is 14.3. The Balaban J connectivity index is 1.45. The highest BCUT2D eigenvalue weighted by Gasteiger charge is 2.51. The maximum absolute atomic E-state index is 10.5. The molecular weight excluding hydrogens is 414 g/mol. The number of ether oxygens (including phenoxy) is 1. The second kappa shape index (κ2) is 7.23. The van der Waals surface area contributed by atoms with E-state index in [0.717, 1.165) is 33.9 Å². The van der Waals surface area contributed by atoms with Crippen molar-refractivity contribution in [1.29, 1.82) is 0 Å². The summed E-state index contributed by atoms with van der Waals surface area (Å²) in [7, 11) is 0. The summed E-state index contributed by atoms with van der Waals surface area (Å²) in [5.41, 5.74) is 10.5. The molecule has 0 amide bonds. The number of nitrogens with zero attached hydrogens (tertiary/aromatic N) is 4. The maximum Gasteiger partial charge on any atom is 0.246 e. The van der Waals surface area contributed by atoms with E-state index in [2.05, 4.69) is 4.98 Å². The summed E-state index contributed by atoms with van der Waals surface area (Å²) in [5.74, 6) is 1.23. The van der Waals surface area contributed by atoms with Crippen molar-refractivity contribution in [3.8, 4) is 39.9 Å². The van der Waals surface area contributed by atoms with Crippen LogP contribution in [0.1, 0.15) is 31.7 Å². The fourth-order valence-electron chi connectivity index (χ4n) is 4.96. The average molecular weight is 440 g/mol. The van der Waals surface area contributed by atoms with E-state index in [4.69, 9.17) is 20.4 Å². The Morgan fingerprint density at radius 1 is 0.970 bits per heavy atom. The zero-order valence-electron chi connectivity index (χ0n) is 18.4. The van der Waals surface area contributed by atoms with E-state index in [9.17, 15) is 5.11 Å².